The van der Waals surface area contributed by atoms with Gasteiger partial charge in [-0.3, -0.25) is 4.90 Å². The van der Waals surface area contributed by atoms with Crippen molar-refractivity contribution in [3.05, 3.63) is 47.9 Å². The van der Waals surface area contributed by atoms with Crippen LogP contribution in [-0.4, -0.2) is 72.8 Å². The van der Waals surface area contributed by atoms with Gasteiger partial charge >= 0.3 is 6.09 Å². The van der Waals surface area contributed by atoms with Crippen LogP contribution in [0.4, 0.5) is 15.0 Å². The number of benzene rings is 1. The third-order valence-electron chi connectivity index (χ3n) is 7.52. The number of carbonyl (C=O) groups is 1. The lowest BCUT2D eigenvalue weighted by Gasteiger charge is -2.48. The van der Waals surface area contributed by atoms with Gasteiger partial charge in [-0.1, -0.05) is 12.1 Å². The van der Waals surface area contributed by atoms with Crippen LogP contribution in [0.1, 0.15) is 31.7 Å². The maximum Gasteiger partial charge on any atom is 0.409 e. The van der Waals surface area contributed by atoms with Crippen LogP contribution >= 0.6 is 0 Å². The van der Waals surface area contributed by atoms with E-state index in [2.05, 4.69) is 20.9 Å². The van der Waals surface area contributed by atoms with Crippen LogP contribution in [0.2, 0.25) is 0 Å². The first-order valence-corrected chi connectivity index (χ1v) is 12.1. The lowest BCUT2D eigenvalue weighted by Crippen LogP contribution is -2.58. The molecule has 0 unspecified atom stereocenters. The highest BCUT2D eigenvalue weighted by Crippen LogP contribution is 2.47. The molecule has 1 aliphatic carbocycles. The minimum atomic E-state index is -0.381. The number of nitrogens with zero attached hydrogens (tertiary/aromatic N) is 5. The van der Waals surface area contributed by atoms with Crippen LogP contribution < -0.4 is 4.90 Å². The molecular weight excluding hydrogens is 433 g/mol. The normalized spacial score (nSPS) is 21.9. The van der Waals surface area contributed by atoms with Crippen molar-refractivity contribution in [2.75, 3.05) is 50.8 Å². The van der Waals surface area contributed by atoms with Gasteiger partial charge in [0.2, 0.25) is 0 Å². The van der Waals surface area contributed by atoms with Gasteiger partial charge < -0.3 is 14.5 Å². The third kappa shape index (κ3) is 4.32. The summed E-state index contributed by atoms with van der Waals surface area (Å²) in [5.74, 6) is 0.386. The van der Waals surface area contributed by atoms with E-state index < -0.39 is 0 Å². The summed E-state index contributed by atoms with van der Waals surface area (Å²) in [6.45, 7) is 7.39. The molecule has 0 N–H and O–H groups in total. The molecule has 7 nitrogen and oxygen atoms in total. The van der Waals surface area contributed by atoms with Crippen molar-refractivity contribution < 1.29 is 13.9 Å². The van der Waals surface area contributed by atoms with Gasteiger partial charge in [-0.2, -0.15) is 5.26 Å². The molecule has 8 heteroatoms. The molecule has 5 rings (SSSR count). The van der Waals surface area contributed by atoms with Crippen LogP contribution in [0.15, 0.2) is 36.5 Å². The smallest absolute Gasteiger partial charge is 0.409 e. The first kappa shape index (κ1) is 22.6. The monoisotopic (exact) mass is 463 g/mol. The number of hydrogen-bond donors (Lipinski definition) is 0. The van der Waals surface area contributed by atoms with Crippen LogP contribution in [0, 0.1) is 22.6 Å². The number of anilines is 1. The Morgan fingerprint density at radius 3 is 2.79 bits per heavy atom. The van der Waals surface area contributed by atoms with Crippen LogP contribution in [0.25, 0.3) is 11.1 Å². The van der Waals surface area contributed by atoms with E-state index in [0.29, 0.717) is 18.2 Å². The molecule has 0 radical (unpaired) electrons. The predicted molar refractivity (Wildman–Crippen MR) is 127 cm³/mol. The van der Waals surface area contributed by atoms with Crippen molar-refractivity contribution in [3.8, 4) is 17.2 Å². The zero-order chi connectivity index (χ0) is 23.7. The minimum Gasteiger partial charge on any atom is -0.450 e. The Kier molecular flexibility index (Phi) is 6.13. The van der Waals surface area contributed by atoms with Crippen molar-refractivity contribution in [3.63, 3.8) is 0 Å². The van der Waals surface area contributed by atoms with E-state index in [0.717, 1.165) is 75.5 Å². The van der Waals surface area contributed by atoms with Crippen molar-refractivity contribution in [1.29, 1.82) is 5.26 Å². The number of piperazine rings is 1. The van der Waals surface area contributed by atoms with Gasteiger partial charge in [-0.05, 0) is 49.9 Å². The molecule has 1 aromatic heterocycles. The number of aromatic nitrogens is 1. The standard InChI is InChI=1S/C26H30FN5O2/c1-2-34-25(33)32-17-26(18-32)7-6-22(14-26)30-8-10-31(11-9-30)24-23(13-21(27)16-29-24)20-5-3-4-19(12-20)15-28/h3-5,12-13,16,22H,2,6-11,14,17-18H2,1H3/t22-/m1/s1. The maximum absolute atomic E-state index is 14.1. The van der Waals surface area contributed by atoms with Crippen molar-refractivity contribution in [1.82, 2.24) is 14.8 Å². The SMILES string of the molecule is CCOC(=O)N1CC2(CC[C@@H](N3CCN(c4ncc(F)cc4-c4cccc(C#N)c4)CC3)C2)C1. The Balaban J connectivity index is 1.22. The highest BCUT2D eigenvalue weighted by atomic mass is 19.1. The zero-order valence-electron chi connectivity index (χ0n) is 19.5. The molecular formula is C26H30FN5O2. The van der Waals surface area contributed by atoms with Crippen molar-refractivity contribution in [2.45, 2.75) is 32.2 Å². The number of halogens is 1. The Bertz CT molecular complexity index is 1100. The van der Waals surface area contributed by atoms with Gasteiger partial charge in [0.1, 0.15) is 11.6 Å². The molecule has 1 aromatic carbocycles. The average molecular weight is 464 g/mol. The lowest BCUT2D eigenvalue weighted by atomic mass is 9.78. The maximum atomic E-state index is 14.1. The molecule has 3 aliphatic rings. The van der Waals surface area contributed by atoms with E-state index in [1.54, 1.807) is 12.1 Å². The fourth-order valence-corrected chi connectivity index (χ4v) is 5.83. The number of amides is 1. The second-order valence-electron chi connectivity index (χ2n) is 9.69. The van der Waals surface area contributed by atoms with Crippen LogP contribution in [0.5, 0.6) is 0 Å². The van der Waals surface area contributed by atoms with Gasteiger partial charge in [0.05, 0.1) is 24.4 Å². The number of likely N-dealkylation sites (tertiary alicyclic amines) is 1. The summed E-state index contributed by atoms with van der Waals surface area (Å²) in [7, 11) is 0. The second kappa shape index (κ2) is 9.22. The molecule has 3 heterocycles. The van der Waals surface area contributed by atoms with E-state index in [9.17, 15) is 14.4 Å². The number of carbonyl (C=O) groups excluding carboxylic acids is 1. The van der Waals surface area contributed by atoms with Gasteiger partial charge in [-0.15, -0.1) is 0 Å². The van der Waals surface area contributed by atoms with E-state index in [1.165, 1.54) is 12.3 Å². The van der Waals surface area contributed by atoms with E-state index in [-0.39, 0.29) is 17.3 Å². The van der Waals surface area contributed by atoms with Gasteiger partial charge in [0.15, 0.2) is 0 Å². The Morgan fingerprint density at radius 2 is 2.06 bits per heavy atom. The molecule has 2 aliphatic heterocycles. The fraction of sp³-hybridized carbons (Fsp3) is 0.500. The quantitative estimate of drug-likeness (QED) is 0.685. The molecule has 178 valence electrons. The highest BCUT2D eigenvalue weighted by Gasteiger charge is 2.51. The first-order valence-electron chi connectivity index (χ1n) is 12.1. The van der Waals surface area contributed by atoms with Gasteiger partial charge in [0.25, 0.3) is 0 Å². The lowest BCUT2D eigenvalue weighted by molar-refractivity contribution is -0.00294. The number of ether oxygens (including phenoxy) is 1. The number of hydrogen-bond acceptors (Lipinski definition) is 6. The summed E-state index contributed by atoms with van der Waals surface area (Å²) in [6.07, 6.45) is 4.54. The molecule has 1 atom stereocenters. The van der Waals surface area contributed by atoms with E-state index in [1.807, 2.05) is 24.0 Å². The topological polar surface area (TPSA) is 72.7 Å². The summed E-state index contributed by atoms with van der Waals surface area (Å²) in [5, 5.41) is 9.26. The molecule has 3 fully saturated rings. The van der Waals surface area contributed by atoms with E-state index in [4.69, 9.17) is 4.74 Å². The van der Waals surface area contributed by atoms with Crippen molar-refractivity contribution >= 4 is 11.9 Å². The summed E-state index contributed by atoms with van der Waals surface area (Å²) in [4.78, 5) is 23.0. The molecule has 2 saturated heterocycles. The number of nitriles is 1. The van der Waals surface area contributed by atoms with Crippen LogP contribution in [-0.2, 0) is 4.74 Å². The minimum absolute atomic E-state index is 0.187. The third-order valence-corrected chi connectivity index (χ3v) is 7.52. The molecule has 1 saturated carbocycles. The Labute approximate surface area is 199 Å². The molecule has 1 amide bonds. The largest absolute Gasteiger partial charge is 0.450 e. The zero-order valence-corrected chi connectivity index (χ0v) is 19.5. The summed E-state index contributed by atoms with van der Waals surface area (Å²) in [6, 6.07) is 11.5. The van der Waals surface area contributed by atoms with Crippen LogP contribution in [0.3, 0.4) is 0 Å². The second-order valence-corrected chi connectivity index (χ2v) is 9.69. The summed E-state index contributed by atoms with van der Waals surface area (Å²) < 4.78 is 19.2. The Morgan fingerprint density at radius 1 is 1.26 bits per heavy atom. The fourth-order valence-electron chi connectivity index (χ4n) is 5.83. The van der Waals surface area contributed by atoms with Gasteiger partial charge in [-0.25, -0.2) is 14.2 Å². The summed E-state index contributed by atoms with van der Waals surface area (Å²) in [5.41, 5.74) is 2.33. The molecule has 2 aromatic rings. The van der Waals surface area contributed by atoms with E-state index >= 15 is 0 Å². The van der Waals surface area contributed by atoms with Crippen molar-refractivity contribution in [2.24, 2.45) is 5.41 Å². The molecule has 34 heavy (non-hydrogen) atoms. The Hall–Kier alpha value is -3.18. The number of pyridine rings is 1. The number of rotatable bonds is 4. The molecule has 1 spiro atoms. The first-order chi connectivity index (χ1) is 16.5. The van der Waals surface area contributed by atoms with Gasteiger partial charge in [0, 0.05) is 56.3 Å². The average Bonchev–Trinajstić information content (AvgIpc) is 3.29. The summed E-state index contributed by atoms with van der Waals surface area (Å²) >= 11 is 0. The highest BCUT2D eigenvalue weighted by molar-refractivity contribution is 5.76. The predicted octanol–water partition coefficient (Wildman–Crippen LogP) is 3.89. The molecule has 0 bridgehead atoms.